The molecule has 0 aliphatic carbocycles. The molecule has 0 saturated heterocycles. The van der Waals surface area contributed by atoms with Crippen LogP contribution in [0.4, 0.5) is 0 Å². The van der Waals surface area contributed by atoms with Gasteiger partial charge in [0.2, 0.25) is 10.0 Å². The minimum Gasteiger partial charge on any atom is -0.350 e. The fraction of sp³-hybridized carbons (Fsp3) is 0.400. The van der Waals surface area contributed by atoms with Crippen molar-refractivity contribution in [3.63, 3.8) is 0 Å². The van der Waals surface area contributed by atoms with Crippen LogP contribution >= 0.6 is 22.7 Å². The Morgan fingerprint density at radius 3 is 2.67 bits per heavy atom. The molecule has 2 heterocycles. The molecule has 0 aliphatic heterocycles. The van der Waals surface area contributed by atoms with Gasteiger partial charge in [0.05, 0.1) is 0 Å². The third kappa shape index (κ3) is 5.38. The van der Waals surface area contributed by atoms with Gasteiger partial charge in [0.15, 0.2) is 0 Å². The van der Waals surface area contributed by atoms with E-state index >= 15 is 0 Å². The fourth-order valence-electron chi connectivity index (χ4n) is 1.98. The van der Waals surface area contributed by atoms with E-state index in [0.717, 1.165) is 29.2 Å². The number of rotatable bonds is 10. The van der Waals surface area contributed by atoms with Gasteiger partial charge in [-0.25, -0.2) is 13.1 Å². The number of carbonyl (C=O) groups excluding carboxylic acids is 1. The predicted molar refractivity (Wildman–Crippen MR) is 98.2 cm³/mol. The minimum absolute atomic E-state index is 0.0306. The van der Waals surface area contributed by atoms with Gasteiger partial charge in [0.25, 0.3) is 5.91 Å². The van der Waals surface area contributed by atoms with Crippen LogP contribution in [0.1, 0.15) is 27.9 Å². The van der Waals surface area contributed by atoms with Gasteiger partial charge in [-0.1, -0.05) is 13.0 Å². The Hall–Kier alpha value is -1.26. The lowest BCUT2D eigenvalue weighted by Gasteiger charge is -2.08. The lowest BCUT2D eigenvalue weighted by molar-refractivity contribution is 0.0955. The van der Waals surface area contributed by atoms with Crippen molar-refractivity contribution in [1.29, 1.82) is 0 Å². The van der Waals surface area contributed by atoms with E-state index in [1.165, 1.54) is 17.4 Å². The standard InChI is InChI=1S/C15H21N3O3S3/c1-2-6-16-7-8-17-15(19)14-13(5-10-23-14)24(20,21)18-11-12-4-3-9-22-12/h3-5,9-10,16,18H,2,6-8,11H2,1H3,(H,17,19). The Morgan fingerprint density at radius 1 is 1.12 bits per heavy atom. The van der Waals surface area contributed by atoms with E-state index in [2.05, 4.69) is 22.3 Å². The van der Waals surface area contributed by atoms with Gasteiger partial charge < -0.3 is 10.6 Å². The van der Waals surface area contributed by atoms with Crippen molar-refractivity contribution < 1.29 is 13.2 Å². The second-order valence-electron chi connectivity index (χ2n) is 5.02. The van der Waals surface area contributed by atoms with E-state index in [1.54, 1.807) is 5.38 Å². The van der Waals surface area contributed by atoms with Crippen molar-refractivity contribution >= 4 is 38.6 Å². The molecule has 132 valence electrons. The highest BCUT2D eigenvalue weighted by Gasteiger charge is 2.23. The van der Waals surface area contributed by atoms with Crippen molar-refractivity contribution in [2.75, 3.05) is 19.6 Å². The Labute approximate surface area is 150 Å². The quantitative estimate of drug-likeness (QED) is 0.544. The van der Waals surface area contributed by atoms with Crippen LogP contribution in [0, 0.1) is 0 Å². The van der Waals surface area contributed by atoms with Crippen LogP contribution in [0.25, 0.3) is 0 Å². The van der Waals surface area contributed by atoms with E-state index in [4.69, 9.17) is 0 Å². The first-order valence-electron chi connectivity index (χ1n) is 7.63. The van der Waals surface area contributed by atoms with Crippen molar-refractivity contribution in [2.24, 2.45) is 0 Å². The number of sulfonamides is 1. The predicted octanol–water partition coefficient (Wildman–Crippen LogP) is 2.02. The zero-order valence-electron chi connectivity index (χ0n) is 13.4. The summed E-state index contributed by atoms with van der Waals surface area (Å²) in [5.41, 5.74) is 0. The molecule has 0 radical (unpaired) electrons. The summed E-state index contributed by atoms with van der Waals surface area (Å²) in [7, 11) is -3.72. The molecule has 0 aromatic carbocycles. The maximum Gasteiger partial charge on any atom is 0.262 e. The molecule has 2 rings (SSSR count). The van der Waals surface area contributed by atoms with E-state index in [-0.39, 0.29) is 22.2 Å². The van der Waals surface area contributed by atoms with Gasteiger partial charge in [-0.15, -0.1) is 22.7 Å². The summed E-state index contributed by atoms with van der Waals surface area (Å²) in [6.45, 7) is 4.29. The molecule has 0 aliphatic rings. The smallest absolute Gasteiger partial charge is 0.262 e. The number of amides is 1. The summed E-state index contributed by atoms with van der Waals surface area (Å²) in [6, 6.07) is 5.19. The molecule has 3 N–H and O–H groups in total. The highest BCUT2D eigenvalue weighted by atomic mass is 32.2. The maximum atomic E-state index is 12.4. The van der Waals surface area contributed by atoms with Crippen LogP contribution in [-0.4, -0.2) is 34.0 Å². The molecular formula is C15H21N3O3S3. The molecule has 6 nitrogen and oxygen atoms in total. The summed E-state index contributed by atoms with van der Waals surface area (Å²) in [5, 5.41) is 9.42. The zero-order chi connectivity index (χ0) is 17.4. The van der Waals surface area contributed by atoms with Crippen LogP contribution in [0.2, 0.25) is 0 Å². The van der Waals surface area contributed by atoms with Crippen molar-refractivity contribution in [3.8, 4) is 0 Å². The zero-order valence-corrected chi connectivity index (χ0v) is 15.8. The SMILES string of the molecule is CCCNCCNC(=O)c1sccc1S(=O)(=O)NCc1cccs1. The molecule has 0 bridgehead atoms. The highest BCUT2D eigenvalue weighted by Crippen LogP contribution is 2.22. The number of carbonyl (C=O) groups is 1. The number of thiophene rings is 2. The maximum absolute atomic E-state index is 12.4. The first kappa shape index (κ1) is 19.1. The molecule has 2 aromatic rings. The molecular weight excluding hydrogens is 366 g/mol. The van der Waals surface area contributed by atoms with Crippen molar-refractivity contribution in [1.82, 2.24) is 15.4 Å². The van der Waals surface area contributed by atoms with E-state index in [9.17, 15) is 13.2 Å². The third-order valence-corrected chi connectivity index (χ3v) is 6.52. The van der Waals surface area contributed by atoms with Gasteiger partial charge in [-0.2, -0.15) is 0 Å². The second kappa shape index (κ2) is 9.28. The van der Waals surface area contributed by atoms with Crippen LogP contribution in [0.15, 0.2) is 33.9 Å². The van der Waals surface area contributed by atoms with Gasteiger partial charge >= 0.3 is 0 Å². The lowest BCUT2D eigenvalue weighted by Crippen LogP contribution is -2.33. The fourth-order valence-corrected chi connectivity index (χ4v) is 5.06. The topological polar surface area (TPSA) is 87.3 Å². The Kier molecular flexibility index (Phi) is 7.38. The number of hydrogen-bond acceptors (Lipinski definition) is 6. The van der Waals surface area contributed by atoms with Crippen LogP contribution in [0.3, 0.4) is 0 Å². The van der Waals surface area contributed by atoms with Crippen LogP contribution in [-0.2, 0) is 16.6 Å². The summed E-state index contributed by atoms with van der Waals surface area (Å²) in [4.78, 5) is 13.4. The third-order valence-electron chi connectivity index (χ3n) is 3.16. The molecule has 0 unspecified atom stereocenters. The van der Waals surface area contributed by atoms with Gasteiger partial charge in [-0.3, -0.25) is 4.79 Å². The lowest BCUT2D eigenvalue weighted by atomic mass is 10.4. The molecule has 1 amide bonds. The molecule has 0 spiro atoms. The first-order chi connectivity index (χ1) is 11.5. The van der Waals surface area contributed by atoms with E-state index < -0.39 is 10.0 Å². The highest BCUT2D eigenvalue weighted by molar-refractivity contribution is 7.89. The molecule has 0 saturated carbocycles. The summed E-state index contributed by atoms with van der Waals surface area (Å²) in [6.07, 6.45) is 1.02. The Bertz CT molecular complexity index is 739. The average molecular weight is 388 g/mol. The molecule has 0 fully saturated rings. The van der Waals surface area contributed by atoms with Crippen LogP contribution < -0.4 is 15.4 Å². The second-order valence-corrected chi connectivity index (χ2v) is 8.71. The van der Waals surface area contributed by atoms with Gasteiger partial charge in [0, 0.05) is 24.5 Å². The average Bonchev–Trinajstić information content (AvgIpc) is 3.24. The largest absolute Gasteiger partial charge is 0.350 e. The Balaban J connectivity index is 1.96. The van der Waals surface area contributed by atoms with Crippen molar-refractivity contribution in [2.45, 2.75) is 24.8 Å². The number of hydrogen-bond donors (Lipinski definition) is 3. The minimum atomic E-state index is -3.72. The van der Waals surface area contributed by atoms with Gasteiger partial charge in [-0.05, 0) is 35.9 Å². The molecule has 2 aromatic heterocycles. The summed E-state index contributed by atoms with van der Waals surface area (Å²) >= 11 is 2.61. The summed E-state index contributed by atoms with van der Waals surface area (Å²) < 4.78 is 27.4. The van der Waals surface area contributed by atoms with Crippen molar-refractivity contribution in [3.05, 3.63) is 38.7 Å². The van der Waals surface area contributed by atoms with E-state index in [0.29, 0.717) is 13.1 Å². The first-order valence-corrected chi connectivity index (χ1v) is 10.9. The van der Waals surface area contributed by atoms with E-state index in [1.807, 2.05) is 17.5 Å². The molecule has 0 atom stereocenters. The van der Waals surface area contributed by atoms with Gasteiger partial charge in [0.1, 0.15) is 9.77 Å². The van der Waals surface area contributed by atoms with Crippen LogP contribution in [0.5, 0.6) is 0 Å². The molecule has 24 heavy (non-hydrogen) atoms. The monoisotopic (exact) mass is 387 g/mol. The normalized spacial score (nSPS) is 11.5. The summed E-state index contributed by atoms with van der Waals surface area (Å²) in [5.74, 6) is -0.361. The Morgan fingerprint density at radius 2 is 1.96 bits per heavy atom. The molecule has 9 heteroatoms. The number of nitrogens with one attached hydrogen (secondary N) is 3.